The Morgan fingerprint density at radius 1 is 1.13 bits per heavy atom. The van der Waals surface area contributed by atoms with Crippen molar-refractivity contribution in [3.8, 4) is 0 Å². The van der Waals surface area contributed by atoms with Gasteiger partial charge in [0.2, 0.25) is 11.8 Å². The van der Waals surface area contributed by atoms with Crippen LogP contribution in [-0.2, 0) is 32.3 Å². The number of anilines is 1. The van der Waals surface area contributed by atoms with Gasteiger partial charge in [-0.25, -0.2) is 8.42 Å². The number of nitrogens with zero attached hydrogens (tertiary/aromatic N) is 1. The average Bonchev–Trinajstić information content (AvgIpc) is 3.16. The molecule has 0 bridgehead atoms. The normalized spacial score (nSPS) is 13.2. The van der Waals surface area contributed by atoms with Gasteiger partial charge in [0.05, 0.1) is 10.6 Å². The van der Waals surface area contributed by atoms with Crippen LogP contribution in [0.5, 0.6) is 0 Å². The number of nitrogens with one attached hydrogen (secondary N) is 1. The Balaban J connectivity index is 1.53. The van der Waals surface area contributed by atoms with Crippen LogP contribution in [0.1, 0.15) is 30.9 Å². The first-order valence-electron chi connectivity index (χ1n) is 9.97. The maximum Gasteiger partial charge on any atom is 0.226 e. The van der Waals surface area contributed by atoms with E-state index in [4.69, 9.17) is 11.6 Å². The summed E-state index contributed by atoms with van der Waals surface area (Å²) < 4.78 is 25.3. The molecule has 1 heterocycles. The minimum Gasteiger partial charge on any atom is -0.356 e. The van der Waals surface area contributed by atoms with Gasteiger partial charge in [-0.15, -0.1) is 0 Å². The van der Waals surface area contributed by atoms with Crippen molar-refractivity contribution in [1.82, 2.24) is 5.32 Å². The lowest BCUT2D eigenvalue weighted by Crippen LogP contribution is -2.28. The molecule has 2 aromatic carbocycles. The molecule has 2 amide bonds. The smallest absolute Gasteiger partial charge is 0.226 e. The van der Waals surface area contributed by atoms with Gasteiger partial charge < -0.3 is 10.2 Å². The number of amides is 2. The summed E-state index contributed by atoms with van der Waals surface area (Å²) in [7, 11) is -3.58. The Kier molecular flexibility index (Phi) is 7.15. The van der Waals surface area contributed by atoms with E-state index in [-0.39, 0.29) is 28.9 Å². The third-order valence-electron chi connectivity index (χ3n) is 5.16. The predicted octanol–water partition coefficient (Wildman–Crippen LogP) is 3.16. The van der Waals surface area contributed by atoms with Crippen molar-refractivity contribution >= 4 is 38.9 Å². The first-order valence-corrected chi connectivity index (χ1v) is 12.0. The van der Waals surface area contributed by atoms with E-state index >= 15 is 0 Å². The fourth-order valence-corrected chi connectivity index (χ4v) is 4.87. The number of hydrogen-bond donors (Lipinski definition) is 1. The molecule has 6 nitrogen and oxygen atoms in total. The largest absolute Gasteiger partial charge is 0.356 e. The van der Waals surface area contributed by atoms with Gasteiger partial charge in [-0.2, -0.15) is 0 Å². The van der Waals surface area contributed by atoms with Gasteiger partial charge in [0.1, 0.15) is 0 Å². The van der Waals surface area contributed by atoms with Gasteiger partial charge in [-0.1, -0.05) is 30.7 Å². The fourth-order valence-electron chi connectivity index (χ4n) is 3.45. The summed E-state index contributed by atoms with van der Waals surface area (Å²) in [5.41, 5.74) is 2.67. The van der Waals surface area contributed by atoms with Crippen LogP contribution < -0.4 is 10.2 Å². The third-order valence-corrected chi connectivity index (χ3v) is 7.12. The minimum atomic E-state index is -3.58. The van der Waals surface area contributed by atoms with E-state index in [1.807, 2.05) is 12.1 Å². The summed E-state index contributed by atoms with van der Waals surface area (Å²) in [5, 5.41) is 3.41. The Hall–Kier alpha value is -2.38. The van der Waals surface area contributed by atoms with Crippen molar-refractivity contribution in [2.45, 2.75) is 37.5 Å². The molecule has 0 aromatic heterocycles. The van der Waals surface area contributed by atoms with E-state index in [2.05, 4.69) is 5.32 Å². The van der Waals surface area contributed by atoms with Crippen LogP contribution in [0.3, 0.4) is 0 Å². The Labute approximate surface area is 182 Å². The number of carbonyl (C=O) groups excluding carboxylic acids is 2. The summed E-state index contributed by atoms with van der Waals surface area (Å²) in [6.45, 7) is 2.81. The second kappa shape index (κ2) is 9.62. The molecular weight excluding hydrogens is 424 g/mol. The topological polar surface area (TPSA) is 83.6 Å². The lowest BCUT2D eigenvalue weighted by atomic mass is 10.1. The lowest BCUT2D eigenvalue weighted by Gasteiger charge is -2.16. The number of fused-ring (bicyclic) bond motifs is 1. The van der Waals surface area contributed by atoms with E-state index < -0.39 is 9.84 Å². The highest BCUT2D eigenvalue weighted by molar-refractivity contribution is 7.91. The zero-order valence-electron chi connectivity index (χ0n) is 16.9. The minimum absolute atomic E-state index is 0.0274. The molecule has 8 heteroatoms. The second-order valence-corrected chi connectivity index (χ2v) is 9.78. The summed E-state index contributed by atoms with van der Waals surface area (Å²) >= 11 is 5.85. The maximum atomic E-state index is 12.7. The van der Waals surface area contributed by atoms with Crippen molar-refractivity contribution in [2.75, 3.05) is 23.7 Å². The molecule has 0 aliphatic carbocycles. The van der Waals surface area contributed by atoms with Gasteiger partial charge in [-0.3, -0.25) is 9.59 Å². The summed E-state index contributed by atoms with van der Waals surface area (Å²) in [6, 6.07) is 12.2. The molecule has 0 radical (unpaired) electrons. The fraction of sp³-hybridized carbons (Fsp3) is 0.364. The third kappa shape index (κ3) is 5.40. The van der Waals surface area contributed by atoms with Crippen LogP contribution in [0.15, 0.2) is 47.4 Å². The second-order valence-electron chi connectivity index (χ2n) is 7.23. The van der Waals surface area contributed by atoms with Crippen LogP contribution in [0.4, 0.5) is 5.69 Å². The molecule has 0 saturated carbocycles. The van der Waals surface area contributed by atoms with Gasteiger partial charge in [0, 0.05) is 36.6 Å². The standard InChI is InChI=1S/C22H25ClN2O4S/c1-2-22(27)25-13-10-17-15-19(7-8-20(17)25)30(28,29)14-11-21(26)24-12-9-16-3-5-18(23)6-4-16/h3-8,15H,2,9-14H2,1H3,(H,24,26). The molecule has 1 aliphatic heterocycles. The molecule has 0 unspecified atom stereocenters. The van der Waals surface area contributed by atoms with Crippen molar-refractivity contribution in [3.63, 3.8) is 0 Å². The Morgan fingerprint density at radius 2 is 1.87 bits per heavy atom. The Morgan fingerprint density at radius 3 is 2.57 bits per heavy atom. The van der Waals surface area contributed by atoms with Crippen LogP contribution in [0.25, 0.3) is 0 Å². The van der Waals surface area contributed by atoms with Crippen molar-refractivity contribution < 1.29 is 18.0 Å². The summed E-state index contributed by atoms with van der Waals surface area (Å²) in [6.07, 6.45) is 1.59. The Bertz CT molecular complexity index is 1040. The van der Waals surface area contributed by atoms with Crippen molar-refractivity contribution in [2.24, 2.45) is 0 Å². The quantitative estimate of drug-likeness (QED) is 0.672. The molecule has 0 atom stereocenters. The number of benzene rings is 2. The first kappa shape index (κ1) is 22.3. The molecule has 2 aromatic rings. The number of sulfone groups is 1. The number of hydrogen-bond acceptors (Lipinski definition) is 4. The molecule has 3 rings (SSSR count). The summed E-state index contributed by atoms with van der Waals surface area (Å²) in [4.78, 5) is 25.9. The zero-order valence-corrected chi connectivity index (χ0v) is 18.4. The van der Waals surface area contributed by atoms with Crippen LogP contribution >= 0.6 is 11.6 Å². The zero-order chi connectivity index (χ0) is 21.7. The number of rotatable bonds is 8. The number of carbonyl (C=O) groups is 2. The molecule has 0 spiro atoms. The van der Waals surface area contributed by atoms with E-state index in [1.165, 1.54) is 6.07 Å². The molecular formula is C22H25ClN2O4S. The van der Waals surface area contributed by atoms with E-state index in [9.17, 15) is 18.0 Å². The molecule has 0 fully saturated rings. The van der Waals surface area contributed by atoms with Crippen molar-refractivity contribution in [1.29, 1.82) is 0 Å². The monoisotopic (exact) mass is 448 g/mol. The molecule has 1 N–H and O–H groups in total. The van der Waals surface area contributed by atoms with Crippen LogP contribution in [0, 0.1) is 0 Å². The summed E-state index contributed by atoms with van der Waals surface area (Å²) in [5.74, 6) is -0.524. The van der Waals surface area contributed by atoms with Gasteiger partial charge in [0.25, 0.3) is 0 Å². The van der Waals surface area contributed by atoms with E-state index in [1.54, 1.807) is 36.1 Å². The molecule has 30 heavy (non-hydrogen) atoms. The van der Waals surface area contributed by atoms with E-state index in [0.29, 0.717) is 37.4 Å². The maximum absolute atomic E-state index is 12.7. The average molecular weight is 449 g/mol. The predicted molar refractivity (Wildman–Crippen MR) is 118 cm³/mol. The molecule has 0 saturated heterocycles. The van der Waals surface area contributed by atoms with Gasteiger partial charge in [0.15, 0.2) is 9.84 Å². The molecule has 1 aliphatic rings. The van der Waals surface area contributed by atoms with E-state index in [0.717, 1.165) is 16.8 Å². The highest BCUT2D eigenvalue weighted by Crippen LogP contribution is 2.31. The van der Waals surface area contributed by atoms with Crippen LogP contribution in [0.2, 0.25) is 5.02 Å². The highest BCUT2D eigenvalue weighted by Gasteiger charge is 2.26. The van der Waals surface area contributed by atoms with Crippen molar-refractivity contribution in [3.05, 3.63) is 58.6 Å². The highest BCUT2D eigenvalue weighted by atomic mass is 35.5. The SMILES string of the molecule is CCC(=O)N1CCc2cc(S(=O)(=O)CCC(=O)NCCc3ccc(Cl)cc3)ccc21. The van der Waals surface area contributed by atoms with Gasteiger partial charge in [-0.05, 0) is 54.3 Å². The van der Waals surface area contributed by atoms with Gasteiger partial charge >= 0.3 is 0 Å². The first-order chi connectivity index (χ1) is 14.3. The lowest BCUT2D eigenvalue weighted by molar-refractivity contribution is -0.120. The molecule has 160 valence electrons. The number of halogens is 1. The van der Waals surface area contributed by atoms with Crippen LogP contribution in [-0.4, -0.2) is 39.1 Å².